The van der Waals surface area contributed by atoms with Crippen LogP contribution in [0.5, 0.6) is 0 Å². The van der Waals surface area contributed by atoms with Gasteiger partial charge in [-0.05, 0) is 33.1 Å². The molecule has 0 aliphatic heterocycles. The normalized spacial score (nSPS) is 14.8. The summed E-state index contributed by atoms with van der Waals surface area (Å²) in [7, 11) is 1.55. The third-order valence-electron chi connectivity index (χ3n) is 2.01. The minimum Gasteiger partial charge on any atom is -0.379 e. The second-order valence-electron chi connectivity index (χ2n) is 3.49. The molecule has 0 spiro atoms. The van der Waals surface area contributed by atoms with Crippen molar-refractivity contribution in [3.05, 3.63) is 0 Å². The zero-order valence-corrected chi connectivity index (χ0v) is 9.78. The number of hydrogen-bond acceptors (Lipinski definition) is 2. The lowest BCUT2D eigenvalue weighted by Gasteiger charge is -2.23. The van der Waals surface area contributed by atoms with E-state index in [1.165, 1.54) is 0 Å². The Balaban J connectivity index is 3.42. The lowest BCUT2D eigenvalue weighted by atomic mass is 10.1. The van der Waals surface area contributed by atoms with Crippen molar-refractivity contribution in [2.45, 2.75) is 32.8 Å². The molecular weight excluding hydrogens is 171 g/mol. The van der Waals surface area contributed by atoms with E-state index in [9.17, 15) is 0 Å². The van der Waals surface area contributed by atoms with Crippen LogP contribution in [-0.2, 0) is 9.26 Å². The molecule has 0 aromatic rings. The summed E-state index contributed by atoms with van der Waals surface area (Å²) in [6, 6.07) is 0. The highest BCUT2D eigenvalue weighted by molar-refractivity contribution is 7.51. The first-order chi connectivity index (χ1) is 5.52. The standard InChI is InChI=1S/C9H21O2P/c1-6-12(5)11-8-7-9(2,3)10-4/h6-8H2,1-5H3. The van der Waals surface area contributed by atoms with Gasteiger partial charge in [-0.1, -0.05) is 6.92 Å². The lowest BCUT2D eigenvalue weighted by molar-refractivity contribution is 0.00649. The summed E-state index contributed by atoms with van der Waals surface area (Å²) in [5, 5.41) is 0. The van der Waals surface area contributed by atoms with Crippen LogP contribution in [0.1, 0.15) is 27.2 Å². The molecule has 0 heterocycles. The number of methoxy groups -OCH3 is 1. The van der Waals surface area contributed by atoms with Crippen molar-refractivity contribution in [1.29, 1.82) is 0 Å². The van der Waals surface area contributed by atoms with Gasteiger partial charge >= 0.3 is 0 Å². The Bertz CT molecular complexity index is 115. The maximum Gasteiger partial charge on any atom is 0.0644 e. The average Bonchev–Trinajstić information content (AvgIpc) is 2.04. The van der Waals surface area contributed by atoms with Crippen LogP contribution in [0.15, 0.2) is 0 Å². The molecule has 0 saturated heterocycles. The quantitative estimate of drug-likeness (QED) is 0.602. The molecule has 3 heteroatoms. The Morgan fingerprint density at radius 2 is 1.92 bits per heavy atom. The smallest absolute Gasteiger partial charge is 0.0644 e. The summed E-state index contributed by atoms with van der Waals surface area (Å²) in [5.74, 6) is 0. The molecule has 0 aliphatic rings. The fraction of sp³-hybridized carbons (Fsp3) is 1.00. The van der Waals surface area contributed by atoms with Gasteiger partial charge in [0.05, 0.1) is 12.2 Å². The van der Waals surface area contributed by atoms with E-state index in [0.29, 0.717) is 0 Å². The van der Waals surface area contributed by atoms with Gasteiger partial charge < -0.3 is 9.26 Å². The van der Waals surface area contributed by atoms with Crippen LogP contribution in [0.4, 0.5) is 0 Å². The highest BCUT2D eigenvalue weighted by atomic mass is 31.1. The molecule has 0 fully saturated rings. The minimum atomic E-state index is -0.192. The highest BCUT2D eigenvalue weighted by Crippen LogP contribution is 2.31. The molecule has 1 atom stereocenters. The van der Waals surface area contributed by atoms with Gasteiger partial charge in [-0.3, -0.25) is 0 Å². The monoisotopic (exact) mass is 192 g/mol. The van der Waals surface area contributed by atoms with Gasteiger partial charge in [0.2, 0.25) is 0 Å². The molecule has 0 rings (SSSR count). The average molecular weight is 192 g/mol. The van der Waals surface area contributed by atoms with Gasteiger partial charge in [0.1, 0.15) is 0 Å². The first-order valence-electron chi connectivity index (χ1n) is 4.41. The second-order valence-corrected chi connectivity index (χ2v) is 5.64. The van der Waals surface area contributed by atoms with Crippen LogP contribution in [0.3, 0.4) is 0 Å². The predicted octanol–water partition coefficient (Wildman–Crippen LogP) is 2.86. The van der Waals surface area contributed by atoms with E-state index < -0.39 is 0 Å². The Morgan fingerprint density at radius 1 is 1.33 bits per heavy atom. The zero-order chi connectivity index (χ0) is 9.61. The molecule has 0 aliphatic carbocycles. The van der Waals surface area contributed by atoms with E-state index >= 15 is 0 Å². The molecule has 74 valence electrons. The molecule has 0 amide bonds. The third-order valence-corrected chi connectivity index (χ3v) is 3.53. The largest absolute Gasteiger partial charge is 0.379 e. The van der Waals surface area contributed by atoms with Crippen molar-refractivity contribution in [3.8, 4) is 0 Å². The Morgan fingerprint density at radius 3 is 2.33 bits per heavy atom. The molecule has 0 N–H and O–H groups in total. The van der Waals surface area contributed by atoms with E-state index in [-0.39, 0.29) is 13.7 Å². The molecule has 0 aromatic carbocycles. The summed E-state index contributed by atoms with van der Waals surface area (Å²) >= 11 is 0. The predicted molar refractivity (Wildman–Crippen MR) is 55.0 cm³/mol. The second kappa shape index (κ2) is 5.90. The molecule has 12 heavy (non-hydrogen) atoms. The van der Waals surface area contributed by atoms with Crippen molar-refractivity contribution in [2.75, 3.05) is 26.5 Å². The Labute approximate surface area is 77.5 Å². The minimum absolute atomic E-state index is 0.0378. The van der Waals surface area contributed by atoms with Gasteiger partial charge in [-0.25, -0.2) is 0 Å². The maximum atomic E-state index is 5.61. The summed E-state index contributed by atoms with van der Waals surface area (Å²) in [5.41, 5.74) is -0.0378. The number of rotatable bonds is 6. The van der Waals surface area contributed by atoms with Crippen molar-refractivity contribution in [1.82, 2.24) is 0 Å². The van der Waals surface area contributed by atoms with E-state index in [4.69, 9.17) is 9.26 Å². The fourth-order valence-electron chi connectivity index (χ4n) is 0.641. The van der Waals surface area contributed by atoms with Crippen LogP contribution in [0, 0.1) is 0 Å². The number of ether oxygens (including phenoxy) is 1. The third kappa shape index (κ3) is 5.93. The molecular formula is C9H21O2P. The summed E-state index contributed by atoms with van der Waals surface area (Å²) in [6.07, 6.45) is 2.11. The van der Waals surface area contributed by atoms with Gasteiger partial charge in [0.25, 0.3) is 0 Å². The molecule has 0 saturated carbocycles. The van der Waals surface area contributed by atoms with Crippen LogP contribution in [0.2, 0.25) is 0 Å². The topological polar surface area (TPSA) is 18.5 Å². The first-order valence-corrected chi connectivity index (χ1v) is 6.30. The molecule has 0 radical (unpaired) electrons. The summed E-state index contributed by atoms with van der Waals surface area (Å²) in [6.45, 7) is 9.31. The highest BCUT2D eigenvalue weighted by Gasteiger charge is 2.15. The van der Waals surface area contributed by atoms with E-state index in [1.807, 2.05) is 0 Å². The maximum absolute atomic E-state index is 5.61. The van der Waals surface area contributed by atoms with Crippen molar-refractivity contribution in [3.63, 3.8) is 0 Å². The van der Waals surface area contributed by atoms with Gasteiger partial charge in [0.15, 0.2) is 0 Å². The van der Waals surface area contributed by atoms with Crippen LogP contribution < -0.4 is 0 Å². The first kappa shape index (κ1) is 12.3. The van der Waals surface area contributed by atoms with E-state index in [2.05, 4.69) is 27.4 Å². The van der Waals surface area contributed by atoms with Gasteiger partial charge in [0, 0.05) is 15.3 Å². The van der Waals surface area contributed by atoms with Gasteiger partial charge in [-0.15, -0.1) is 0 Å². The molecule has 1 unspecified atom stereocenters. The fourth-order valence-corrected chi connectivity index (χ4v) is 1.23. The Hall–Kier alpha value is 0.350. The van der Waals surface area contributed by atoms with Crippen molar-refractivity contribution in [2.24, 2.45) is 0 Å². The van der Waals surface area contributed by atoms with E-state index in [0.717, 1.165) is 19.2 Å². The lowest BCUT2D eigenvalue weighted by Crippen LogP contribution is -2.24. The van der Waals surface area contributed by atoms with Crippen LogP contribution in [-0.4, -0.2) is 32.1 Å². The zero-order valence-electron chi connectivity index (χ0n) is 8.89. The summed E-state index contributed by atoms with van der Waals surface area (Å²) < 4.78 is 10.9. The van der Waals surface area contributed by atoms with Crippen LogP contribution >= 0.6 is 8.15 Å². The molecule has 0 bridgehead atoms. The Kier molecular flexibility index (Phi) is 6.08. The van der Waals surface area contributed by atoms with Crippen molar-refractivity contribution >= 4 is 8.15 Å². The van der Waals surface area contributed by atoms with Crippen molar-refractivity contribution < 1.29 is 9.26 Å². The van der Waals surface area contributed by atoms with E-state index in [1.54, 1.807) is 7.11 Å². The summed E-state index contributed by atoms with van der Waals surface area (Å²) in [4.78, 5) is 0. The molecule has 2 nitrogen and oxygen atoms in total. The van der Waals surface area contributed by atoms with Gasteiger partial charge in [-0.2, -0.15) is 0 Å². The number of hydrogen-bond donors (Lipinski definition) is 0. The van der Waals surface area contributed by atoms with Crippen LogP contribution in [0.25, 0.3) is 0 Å². The SMILES string of the molecule is CCP(C)OCCC(C)(C)OC. The molecule has 0 aromatic heterocycles.